The number of hydrogen-bond donors (Lipinski definition) is 0. The van der Waals surface area contributed by atoms with E-state index in [1.807, 2.05) is 44.2 Å². The molecule has 0 unspecified atom stereocenters. The van der Waals surface area contributed by atoms with Crippen molar-refractivity contribution in [2.45, 2.75) is 38.1 Å². The number of furan rings is 1. The maximum Gasteiger partial charge on any atom is 0.264 e. The fourth-order valence-electron chi connectivity index (χ4n) is 5.06. The molecule has 6 rings (SSSR count). The molecule has 5 aromatic rings. The van der Waals surface area contributed by atoms with Crippen molar-refractivity contribution in [3.8, 4) is 0 Å². The number of anilines is 2. The summed E-state index contributed by atoms with van der Waals surface area (Å²) in [5.41, 5.74) is 5.15. The number of benzene rings is 3. The molecule has 7 nitrogen and oxygen atoms in total. The van der Waals surface area contributed by atoms with Gasteiger partial charge in [-0.25, -0.2) is 13.4 Å². The molecule has 0 N–H and O–H groups in total. The molecular formula is C30H27N3O4S2. The van der Waals surface area contributed by atoms with Crippen molar-refractivity contribution in [1.29, 1.82) is 0 Å². The highest BCUT2D eigenvalue weighted by molar-refractivity contribution is 7.92. The first-order valence-electron chi connectivity index (χ1n) is 12.7. The smallest absolute Gasteiger partial charge is 0.264 e. The van der Waals surface area contributed by atoms with Gasteiger partial charge in [0.05, 0.1) is 33.6 Å². The summed E-state index contributed by atoms with van der Waals surface area (Å²) in [7, 11) is -3.77. The van der Waals surface area contributed by atoms with Gasteiger partial charge in [0.15, 0.2) is 5.13 Å². The first-order valence-corrected chi connectivity index (χ1v) is 15.0. The van der Waals surface area contributed by atoms with Gasteiger partial charge >= 0.3 is 0 Å². The number of amides is 1. The van der Waals surface area contributed by atoms with Crippen LogP contribution in [0.5, 0.6) is 0 Å². The van der Waals surface area contributed by atoms with Gasteiger partial charge in [-0.1, -0.05) is 35.6 Å². The topological polar surface area (TPSA) is 83.7 Å². The van der Waals surface area contributed by atoms with E-state index in [-0.39, 0.29) is 17.3 Å². The van der Waals surface area contributed by atoms with E-state index in [2.05, 4.69) is 12.1 Å². The van der Waals surface area contributed by atoms with Crippen LogP contribution >= 0.6 is 11.3 Å². The molecule has 39 heavy (non-hydrogen) atoms. The number of carbonyl (C=O) groups excluding carboxylic acids is 1. The Morgan fingerprint density at radius 3 is 2.62 bits per heavy atom. The van der Waals surface area contributed by atoms with Crippen LogP contribution in [-0.4, -0.2) is 25.9 Å². The third-order valence-electron chi connectivity index (χ3n) is 6.95. The standard InChI is InChI=1S/C30H27N3O4S2/c1-20-17-21(2)28-27(18-20)38-30(31-28)32(19-24-9-6-16-37-24)29(34)23-11-13-25(14-12-23)39(35,36)33-15-5-8-22-7-3-4-10-26(22)33/h3-4,6-7,9-14,16-18H,5,8,15,19H2,1-2H3. The highest BCUT2D eigenvalue weighted by Gasteiger charge is 2.30. The Labute approximate surface area is 231 Å². The molecule has 0 saturated heterocycles. The van der Waals surface area contributed by atoms with Crippen molar-refractivity contribution in [3.05, 3.63) is 107 Å². The van der Waals surface area contributed by atoms with Crippen molar-refractivity contribution < 1.29 is 17.6 Å². The number of aromatic nitrogens is 1. The van der Waals surface area contributed by atoms with Gasteiger partial charge in [-0.15, -0.1) is 0 Å². The van der Waals surface area contributed by atoms with Crippen LogP contribution < -0.4 is 9.21 Å². The van der Waals surface area contributed by atoms with Gasteiger partial charge in [0.25, 0.3) is 15.9 Å². The second-order valence-corrected chi connectivity index (χ2v) is 12.6. The molecule has 0 aliphatic carbocycles. The molecule has 0 radical (unpaired) electrons. The number of sulfonamides is 1. The van der Waals surface area contributed by atoms with Gasteiger partial charge in [-0.2, -0.15) is 0 Å². The van der Waals surface area contributed by atoms with Crippen LogP contribution in [0.15, 0.2) is 88.4 Å². The minimum absolute atomic E-state index is 0.152. The maximum atomic E-state index is 13.8. The Kier molecular flexibility index (Phi) is 6.48. The van der Waals surface area contributed by atoms with Crippen LogP contribution in [0.25, 0.3) is 10.2 Å². The predicted octanol–water partition coefficient (Wildman–Crippen LogP) is 6.49. The van der Waals surface area contributed by atoms with E-state index in [9.17, 15) is 13.2 Å². The van der Waals surface area contributed by atoms with E-state index in [1.54, 1.807) is 29.4 Å². The van der Waals surface area contributed by atoms with E-state index >= 15 is 0 Å². The fourth-order valence-corrected chi connectivity index (χ4v) is 7.74. The Morgan fingerprint density at radius 2 is 1.85 bits per heavy atom. The number of nitrogens with zero attached hydrogens (tertiary/aromatic N) is 3. The SMILES string of the molecule is Cc1cc(C)c2nc(N(Cc3ccco3)C(=O)c3ccc(S(=O)(=O)N4CCCc5ccccc54)cc3)sc2c1. The van der Waals surface area contributed by atoms with Crippen molar-refractivity contribution in [3.63, 3.8) is 0 Å². The van der Waals surface area contributed by atoms with Gasteiger partial charge < -0.3 is 4.42 Å². The molecule has 0 bridgehead atoms. The fraction of sp³-hybridized carbons (Fsp3) is 0.200. The Bertz CT molecular complexity index is 1780. The number of aryl methyl sites for hydroxylation is 3. The molecule has 0 atom stereocenters. The third-order valence-corrected chi connectivity index (χ3v) is 9.80. The summed E-state index contributed by atoms with van der Waals surface area (Å²) in [6, 6.07) is 21.5. The quantitative estimate of drug-likeness (QED) is 0.238. The zero-order chi connectivity index (χ0) is 27.1. The van der Waals surface area contributed by atoms with Gasteiger partial charge in [0, 0.05) is 12.1 Å². The normalized spacial score (nSPS) is 13.4. The number of para-hydroxylation sites is 1. The summed E-state index contributed by atoms with van der Waals surface area (Å²) in [5.74, 6) is 0.338. The maximum absolute atomic E-state index is 13.8. The minimum Gasteiger partial charge on any atom is -0.467 e. The van der Waals surface area contributed by atoms with E-state index in [4.69, 9.17) is 9.40 Å². The molecule has 0 spiro atoms. The lowest BCUT2D eigenvalue weighted by molar-refractivity contribution is 0.0983. The first-order chi connectivity index (χ1) is 18.8. The van der Waals surface area contributed by atoms with E-state index in [0.29, 0.717) is 23.0 Å². The van der Waals surface area contributed by atoms with Gasteiger partial charge in [0.1, 0.15) is 5.76 Å². The third kappa shape index (κ3) is 4.72. The largest absolute Gasteiger partial charge is 0.467 e. The summed E-state index contributed by atoms with van der Waals surface area (Å²) >= 11 is 1.45. The molecule has 9 heteroatoms. The molecule has 1 aliphatic heterocycles. The summed E-state index contributed by atoms with van der Waals surface area (Å²) in [6.07, 6.45) is 3.18. The van der Waals surface area contributed by atoms with Crippen LogP contribution in [0.2, 0.25) is 0 Å². The molecule has 0 saturated carbocycles. The van der Waals surface area contributed by atoms with Crippen molar-refractivity contribution in [1.82, 2.24) is 4.98 Å². The summed E-state index contributed by atoms with van der Waals surface area (Å²) < 4.78 is 35.2. The lowest BCUT2D eigenvalue weighted by atomic mass is 10.0. The van der Waals surface area contributed by atoms with Crippen molar-refractivity contribution >= 4 is 48.3 Å². The van der Waals surface area contributed by atoms with E-state index in [0.717, 1.165) is 45.4 Å². The number of carbonyl (C=O) groups is 1. The summed E-state index contributed by atoms with van der Waals surface area (Å²) in [4.78, 5) is 20.4. The molecule has 198 valence electrons. The minimum atomic E-state index is -3.77. The Morgan fingerprint density at radius 1 is 1.05 bits per heavy atom. The molecule has 1 amide bonds. The van der Waals surface area contributed by atoms with Crippen LogP contribution in [0.3, 0.4) is 0 Å². The summed E-state index contributed by atoms with van der Waals surface area (Å²) in [6.45, 7) is 4.68. The Hall–Kier alpha value is -3.95. The zero-order valence-corrected chi connectivity index (χ0v) is 23.3. The molecule has 0 fully saturated rings. The van der Waals surface area contributed by atoms with Crippen molar-refractivity contribution in [2.24, 2.45) is 0 Å². The van der Waals surface area contributed by atoms with E-state index in [1.165, 1.54) is 27.8 Å². The highest BCUT2D eigenvalue weighted by Crippen LogP contribution is 2.34. The van der Waals surface area contributed by atoms with Crippen LogP contribution in [0.4, 0.5) is 10.8 Å². The van der Waals surface area contributed by atoms with Crippen LogP contribution in [0, 0.1) is 13.8 Å². The summed E-state index contributed by atoms with van der Waals surface area (Å²) in [5, 5.41) is 0.557. The first kappa shape index (κ1) is 25.3. The average molecular weight is 558 g/mol. The van der Waals surface area contributed by atoms with Crippen molar-refractivity contribution in [2.75, 3.05) is 15.7 Å². The highest BCUT2D eigenvalue weighted by atomic mass is 32.2. The number of thiazole rings is 1. The van der Waals surface area contributed by atoms with Gasteiger partial charge in [0.2, 0.25) is 0 Å². The lowest BCUT2D eigenvalue weighted by Crippen LogP contribution is -2.35. The predicted molar refractivity (Wildman–Crippen MR) is 154 cm³/mol. The van der Waals surface area contributed by atoms with Crippen LogP contribution in [-0.2, 0) is 23.0 Å². The molecule has 2 aromatic heterocycles. The molecular weight excluding hydrogens is 530 g/mol. The van der Waals surface area contributed by atoms with Gasteiger partial charge in [-0.3, -0.25) is 14.0 Å². The zero-order valence-electron chi connectivity index (χ0n) is 21.6. The monoisotopic (exact) mass is 557 g/mol. The number of hydrogen-bond acceptors (Lipinski definition) is 6. The molecule has 1 aliphatic rings. The molecule has 3 heterocycles. The Balaban J connectivity index is 1.33. The van der Waals surface area contributed by atoms with Gasteiger partial charge in [-0.05, 0) is 91.9 Å². The number of fused-ring (bicyclic) bond motifs is 2. The lowest BCUT2D eigenvalue weighted by Gasteiger charge is -2.30. The second-order valence-electron chi connectivity index (χ2n) is 9.73. The number of rotatable bonds is 6. The molecule has 3 aromatic carbocycles. The second kappa shape index (κ2) is 9.98. The van der Waals surface area contributed by atoms with Crippen LogP contribution in [0.1, 0.15) is 39.2 Å². The van der Waals surface area contributed by atoms with E-state index < -0.39 is 10.0 Å². The average Bonchev–Trinajstić information content (AvgIpc) is 3.61.